The summed E-state index contributed by atoms with van der Waals surface area (Å²) in [7, 11) is 0. The summed E-state index contributed by atoms with van der Waals surface area (Å²) in [4.78, 5) is 37.8. The predicted octanol–water partition coefficient (Wildman–Crippen LogP) is 2.61. The average Bonchev–Trinajstić information content (AvgIpc) is 3.20. The molecule has 138 valence electrons. The highest BCUT2D eigenvalue weighted by molar-refractivity contribution is 8.18. The van der Waals surface area contributed by atoms with Crippen molar-refractivity contribution in [3.05, 3.63) is 28.7 Å². The number of fused-ring (bicyclic) bond motifs is 1. The Balaban J connectivity index is 1.62. The van der Waals surface area contributed by atoms with Crippen LogP contribution in [0, 0.1) is 5.92 Å². The first kappa shape index (κ1) is 18.3. The van der Waals surface area contributed by atoms with Gasteiger partial charge < -0.3 is 14.8 Å². The summed E-state index contributed by atoms with van der Waals surface area (Å²) in [5.74, 6) is 0.764. The maximum Gasteiger partial charge on any atom is 0.293 e. The van der Waals surface area contributed by atoms with Gasteiger partial charge in [0.2, 0.25) is 12.7 Å². The minimum absolute atomic E-state index is 0.0737. The standard InChI is InChI=1S/C18H20N2O5S/c1-3-11(2)16(21)19-6-7-20-17(22)15(26-18(20)23)9-12-4-5-13-14(8-12)25-10-24-13/h4-5,8-9,11H,3,6-7,10H2,1-2H3,(H,19,21). The maximum atomic E-state index is 12.5. The lowest BCUT2D eigenvalue weighted by Gasteiger charge is -2.14. The molecule has 2 heterocycles. The molecular weight excluding hydrogens is 356 g/mol. The van der Waals surface area contributed by atoms with E-state index in [0.29, 0.717) is 16.4 Å². The lowest BCUT2D eigenvalue weighted by atomic mass is 10.1. The van der Waals surface area contributed by atoms with Gasteiger partial charge in [0.1, 0.15) is 0 Å². The van der Waals surface area contributed by atoms with E-state index in [1.165, 1.54) is 0 Å². The number of amides is 3. The molecule has 3 amide bonds. The summed E-state index contributed by atoms with van der Waals surface area (Å²) in [5.41, 5.74) is 0.754. The van der Waals surface area contributed by atoms with Gasteiger partial charge in [0.25, 0.3) is 11.1 Å². The fourth-order valence-electron chi connectivity index (χ4n) is 2.50. The van der Waals surface area contributed by atoms with E-state index in [-0.39, 0.29) is 42.9 Å². The van der Waals surface area contributed by atoms with Gasteiger partial charge >= 0.3 is 0 Å². The fourth-order valence-corrected chi connectivity index (χ4v) is 3.36. The summed E-state index contributed by atoms with van der Waals surface area (Å²) < 4.78 is 10.6. The van der Waals surface area contributed by atoms with Crippen molar-refractivity contribution in [2.24, 2.45) is 5.92 Å². The first-order valence-electron chi connectivity index (χ1n) is 8.42. The molecule has 2 aliphatic heterocycles. The van der Waals surface area contributed by atoms with Gasteiger partial charge in [0, 0.05) is 19.0 Å². The minimum atomic E-state index is -0.351. The van der Waals surface area contributed by atoms with Gasteiger partial charge in [-0.1, -0.05) is 19.9 Å². The summed E-state index contributed by atoms with van der Waals surface area (Å²) in [6.07, 6.45) is 2.40. The van der Waals surface area contributed by atoms with E-state index in [0.717, 1.165) is 28.6 Å². The van der Waals surface area contributed by atoms with E-state index in [2.05, 4.69) is 5.32 Å². The molecule has 8 heteroatoms. The van der Waals surface area contributed by atoms with Crippen LogP contribution in [0.5, 0.6) is 11.5 Å². The van der Waals surface area contributed by atoms with E-state index < -0.39 is 0 Å². The normalized spacial score (nSPS) is 18.5. The zero-order chi connectivity index (χ0) is 18.7. The molecule has 26 heavy (non-hydrogen) atoms. The van der Waals surface area contributed by atoms with Gasteiger partial charge in [-0.25, -0.2) is 0 Å². The molecule has 2 aliphatic rings. The Kier molecular flexibility index (Phi) is 5.51. The number of nitrogens with one attached hydrogen (secondary N) is 1. The highest BCUT2D eigenvalue weighted by Crippen LogP contribution is 2.36. The molecule has 3 rings (SSSR count). The molecule has 0 radical (unpaired) electrons. The average molecular weight is 376 g/mol. The third-order valence-electron chi connectivity index (χ3n) is 4.26. The third-order valence-corrected chi connectivity index (χ3v) is 5.17. The minimum Gasteiger partial charge on any atom is -0.454 e. The molecule has 0 aromatic heterocycles. The Bertz CT molecular complexity index is 777. The highest BCUT2D eigenvalue weighted by Gasteiger charge is 2.34. The van der Waals surface area contributed by atoms with Crippen LogP contribution in [0.15, 0.2) is 23.1 Å². The lowest BCUT2D eigenvalue weighted by molar-refractivity contribution is -0.126. The van der Waals surface area contributed by atoms with Crippen molar-refractivity contribution in [2.75, 3.05) is 19.9 Å². The van der Waals surface area contributed by atoms with Crippen LogP contribution < -0.4 is 14.8 Å². The first-order chi connectivity index (χ1) is 12.5. The summed E-state index contributed by atoms with van der Waals surface area (Å²) >= 11 is 0.893. The number of carbonyl (C=O) groups is 3. The first-order valence-corrected chi connectivity index (χ1v) is 9.24. The van der Waals surface area contributed by atoms with Gasteiger partial charge in [-0.2, -0.15) is 0 Å². The van der Waals surface area contributed by atoms with E-state index >= 15 is 0 Å². The summed E-state index contributed by atoms with van der Waals surface area (Å²) in [5, 5.41) is 2.42. The number of thioether (sulfide) groups is 1. The van der Waals surface area contributed by atoms with Crippen LogP contribution in [-0.2, 0) is 9.59 Å². The molecule has 0 bridgehead atoms. The van der Waals surface area contributed by atoms with Gasteiger partial charge in [-0.05, 0) is 42.0 Å². The van der Waals surface area contributed by atoms with E-state index in [4.69, 9.17) is 9.47 Å². The zero-order valence-electron chi connectivity index (χ0n) is 14.6. The van der Waals surface area contributed by atoms with Crippen LogP contribution in [0.25, 0.3) is 6.08 Å². The van der Waals surface area contributed by atoms with E-state index in [1.807, 2.05) is 13.8 Å². The largest absolute Gasteiger partial charge is 0.454 e. The Morgan fingerprint density at radius 1 is 1.35 bits per heavy atom. The van der Waals surface area contributed by atoms with Crippen molar-refractivity contribution in [1.82, 2.24) is 10.2 Å². The number of benzene rings is 1. The fraction of sp³-hybridized carbons (Fsp3) is 0.389. The topological polar surface area (TPSA) is 84.9 Å². The molecule has 7 nitrogen and oxygen atoms in total. The van der Waals surface area contributed by atoms with Crippen LogP contribution in [0.1, 0.15) is 25.8 Å². The van der Waals surface area contributed by atoms with Gasteiger partial charge in [0.15, 0.2) is 11.5 Å². The van der Waals surface area contributed by atoms with Crippen molar-refractivity contribution in [1.29, 1.82) is 0 Å². The quantitative estimate of drug-likeness (QED) is 0.768. The van der Waals surface area contributed by atoms with Gasteiger partial charge in [-0.15, -0.1) is 0 Å². The molecule has 0 aliphatic carbocycles. The van der Waals surface area contributed by atoms with Crippen molar-refractivity contribution >= 4 is 34.9 Å². The van der Waals surface area contributed by atoms with Crippen LogP contribution in [0.2, 0.25) is 0 Å². The van der Waals surface area contributed by atoms with Crippen molar-refractivity contribution in [3.8, 4) is 11.5 Å². The molecule has 1 atom stereocenters. The Hall–Kier alpha value is -2.48. The molecule has 1 aromatic rings. The number of imide groups is 1. The molecule has 1 fully saturated rings. The van der Waals surface area contributed by atoms with Gasteiger partial charge in [0.05, 0.1) is 4.91 Å². The molecular formula is C18H20N2O5S. The second-order valence-electron chi connectivity index (χ2n) is 6.05. The van der Waals surface area contributed by atoms with Gasteiger partial charge in [-0.3, -0.25) is 19.3 Å². The number of rotatable bonds is 6. The monoisotopic (exact) mass is 376 g/mol. The molecule has 0 saturated carbocycles. The second-order valence-corrected chi connectivity index (χ2v) is 7.04. The lowest BCUT2D eigenvalue weighted by Crippen LogP contribution is -2.38. The Morgan fingerprint density at radius 2 is 2.12 bits per heavy atom. The van der Waals surface area contributed by atoms with Crippen molar-refractivity contribution < 1.29 is 23.9 Å². The summed E-state index contributed by atoms with van der Waals surface area (Å²) in [6.45, 7) is 4.35. The van der Waals surface area contributed by atoms with E-state index in [9.17, 15) is 14.4 Å². The zero-order valence-corrected chi connectivity index (χ0v) is 15.4. The SMILES string of the molecule is CCC(C)C(=O)NCCN1C(=O)SC(=Cc2ccc3c(c2)OCO3)C1=O. The van der Waals surface area contributed by atoms with Crippen LogP contribution in [-0.4, -0.2) is 41.8 Å². The number of carbonyl (C=O) groups excluding carboxylic acids is 3. The van der Waals surface area contributed by atoms with Crippen molar-refractivity contribution in [2.45, 2.75) is 20.3 Å². The van der Waals surface area contributed by atoms with Crippen LogP contribution in [0.3, 0.4) is 0 Å². The maximum absolute atomic E-state index is 12.5. The summed E-state index contributed by atoms with van der Waals surface area (Å²) in [6, 6.07) is 5.33. The molecule has 1 N–H and O–H groups in total. The number of nitrogens with zero attached hydrogens (tertiary/aromatic N) is 1. The second kappa shape index (κ2) is 7.82. The molecule has 0 spiro atoms. The van der Waals surface area contributed by atoms with Crippen LogP contribution in [0.4, 0.5) is 4.79 Å². The number of hydrogen-bond donors (Lipinski definition) is 1. The molecule has 1 unspecified atom stereocenters. The molecule has 1 aromatic carbocycles. The predicted molar refractivity (Wildman–Crippen MR) is 97.7 cm³/mol. The van der Waals surface area contributed by atoms with Crippen LogP contribution >= 0.6 is 11.8 Å². The Morgan fingerprint density at radius 3 is 2.88 bits per heavy atom. The molecule has 1 saturated heterocycles. The smallest absolute Gasteiger partial charge is 0.293 e. The highest BCUT2D eigenvalue weighted by atomic mass is 32.2. The van der Waals surface area contributed by atoms with E-state index in [1.54, 1.807) is 24.3 Å². The van der Waals surface area contributed by atoms with Crippen molar-refractivity contribution in [3.63, 3.8) is 0 Å². The number of ether oxygens (including phenoxy) is 2. The number of hydrogen-bond acceptors (Lipinski definition) is 6. The Labute approximate surface area is 155 Å². The third kappa shape index (κ3) is 3.85.